The van der Waals surface area contributed by atoms with Gasteiger partial charge in [0.2, 0.25) is 0 Å². The van der Waals surface area contributed by atoms with E-state index in [9.17, 15) is 0 Å². The number of nitrogens with zero attached hydrogens (tertiary/aromatic N) is 2. The van der Waals surface area contributed by atoms with E-state index in [4.69, 9.17) is 0 Å². The zero-order chi connectivity index (χ0) is 20.1. The molecular formula is C26H47N2. The lowest BCUT2D eigenvalue weighted by molar-refractivity contribution is 0.561. The van der Waals surface area contributed by atoms with Crippen molar-refractivity contribution in [1.29, 1.82) is 0 Å². The Hall–Kier alpha value is -0.920. The molecule has 1 radical (unpaired) electrons. The summed E-state index contributed by atoms with van der Waals surface area (Å²) in [5.74, 6) is 0. The first-order valence-electron chi connectivity index (χ1n) is 12.6. The minimum Gasteiger partial charge on any atom is -0.230 e. The largest absolute Gasteiger partial charge is 0.230 e. The molecule has 1 heterocycles. The van der Waals surface area contributed by atoms with Crippen LogP contribution in [0.4, 0.5) is 0 Å². The number of hydrogen-bond acceptors (Lipinski definition) is 2. The molecule has 0 aromatic carbocycles. The van der Waals surface area contributed by atoms with Gasteiger partial charge in [-0.15, -0.1) is 0 Å². The molecule has 0 unspecified atom stereocenters. The van der Waals surface area contributed by atoms with E-state index < -0.39 is 0 Å². The van der Waals surface area contributed by atoms with Gasteiger partial charge in [-0.1, -0.05) is 117 Å². The van der Waals surface area contributed by atoms with E-state index in [-0.39, 0.29) is 0 Å². The number of aromatic nitrogens is 2. The average molecular weight is 388 g/mol. The Labute approximate surface area is 176 Å². The second-order valence-corrected chi connectivity index (χ2v) is 8.61. The third-order valence-electron chi connectivity index (χ3n) is 5.79. The molecule has 2 heteroatoms. The molecule has 0 aliphatic rings. The van der Waals surface area contributed by atoms with Crippen LogP contribution in [0, 0.1) is 6.33 Å². The highest BCUT2D eigenvalue weighted by atomic mass is 14.8. The second-order valence-electron chi connectivity index (χ2n) is 8.61. The first-order chi connectivity index (χ1) is 13.9. The highest BCUT2D eigenvalue weighted by molar-refractivity contribution is 5.08. The molecule has 0 bridgehead atoms. The summed E-state index contributed by atoms with van der Waals surface area (Å²) in [5, 5.41) is 0. The zero-order valence-electron chi connectivity index (χ0n) is 19.1. The van der Waals surface area contributed by atoms with Crippen molar-refractivity contribution in [3.05, 3.63) is 23.8 Å². The Balaban J connectivity index is 2.00. The maximum Gasteiger partial charge on any atom is 0.198 e. The summed E-state index contributed by atoms with van der Waals surface area (Å²) in [6.07, 6.45) is 29.9. The summed E-state index contributed by atoms with van der Waals surface area (Å²) in [6, 6.07) is 2.23. The first-order valence-corrected chi connectivity index (χ1v) is 12.6. The molecule has 1 rings (SSSR count). The fraction of sp³-hybridized carbons (Fsp3) is 0.846. The van der Waals surface area contributed by atoms with E-state index in [1.54, 1.807) is 0 Å². The van der Waals surface area contributed by atoms with E-state index in [1.807, 2.05) is 0 Å². The van der Waals surface area contributed by atoms with Crippen molar-refractivity contribution in [1.82, 2.24) is 9.97 Å². The van der Waals surface area contributed by atoms with E-state index in [2.05, 4.69) is 36.2 Å². The SMILES string of the molecule is CCCCCCCCCCCc1cc(CCCCCCCCCCC)n[c]n1. The lowest BCUT2D eigenvalue weighted by Gasteiger charge is -2.05. The molecule has 0 saturated carbocycles. The van der Waals surface area contributed by atoms with Gasteiger partial charge in [0.25, 0.3) is 0 Å². The molecule has 161 valence electrons. The van der Waals surface area contributed by atoms with Crippen molar-refractivity contribution in [2.24, 2.45) is 0 Å². The summed E-state index contributed by atoms with van der Waals surface area (Å²) in [4.78, 5) is 8.73. The van der Waals surface area contributed by atoms with Crippen molar-refractivity contribution >= 4 is 0 Å². The van der Waals surface area contributed by atoms with Crippen LogP contribution in [-0.4, -0.2) is 9.97 Å². The van der Waals surface area contributed by atoms with Crippen LogP contribution in [0.3, 0.4) is 0 Å². The van der Waals surface area contributed by atoms with Crippen LogP contribution in [0.15, 0.2) is 6.07 Å². The van der Waals surface area contributed by atoms with Crippen LogP contribution < -0.4 is 0 Å². The lowest BCUT2D eigenvalue weighted by atomic mass is 10.0. The van der Waals surface area contributed by atoms with Gasteiger partial charge in [0.15, 0.2) is 6.33 Å². The molecule has 0 N–H and O–H groups in total. The number of hydrogen-bond donors (Lipinski definition) is 0. The highest BCUT2D eigenvalue weighted by Crippen LogP contribution is 2.13. The van der Waals surface area contributed by atoms with Gasteiger partial charge in [-0.3, -0.25) is 0 Å². The lowest BCUT2D eigenvalue weighted by Crippen LogP contribution is -1.97. The summed E-state index contributed by atoms with van der Waals surface area (Å²) in [6.45, 7) is 4.57. The van der Waals surface area contributed by atoms with E-state index in [1.165, 1.54) is 127 Å². The summed E-state index contributed by atoms with van der Waals surface area (Å²) in [7, 11) is 0. The van der Waals surface area contributed by atoms with Crippen LogP contribution in [0.25, 0.3) is 0 Å². The molecule has 0 aliphatic carbocycles. The van der Waals surface area contributed by atoms with E-state index >= 15 is 0 Å². The number of aryl methyl sites for hydroxylation is 2. The summed E-state index contributed by atoms with van der Waals surface area (Å²) >= 11 is 0. The highest BCUT2D eigenvalue weighted by Gasteiger charge is 2.01. The summed E-state index contributed by atoms with van der Waals surface area (Å²) < 4.78 is 0. The fourth-order valence-electron chi connectivity index (χ4n) is 3.90. The summed E-state index contributed by atoms with van der Waals surface area (Å²) in [5.41, 5.74) is 2.40. The molecular weight excluding hydrogens is 340 g/mol. The Morgan fingerprint density at radius 2 is 0.821 bits per heavy atom. The maximum atomic E-state index is 4.36. The Kier molecular flexibility index (Phi) is 17.4. The van der Waals surface area contributed by atoms with E-state index in [0.717, 1.165) is 12.8 Å². The van der Waals surface area contributed by atoms with Crippen molar-refractivity contribution in [3.63, 3.8) is 0 Å². The van der Waals surface area contributed by atoms with Crippen molar-refractivity contribution < 1.29 is 0 Å². The smallest absolute Gasteiger partial charge is 0.198 e. The second kappa shape index (κ2) is 19.4. The molecule has 0 aliphatic heterocycles. The Morgan fingerprint density at radius 1 is 0.500 bits per heavy atom. The monoisotopic (exact) mass is 387 g/mol. The van der Waals surface area contributed by atoms with E-state index in [0.29, 0.717) is 0 Å². The minimum atomic E-state index is 1.10. The fourth-order valence-corrected chi connectivity index (χ4v) is 3.90. The standard InChI is InChI=1S/C26H47N2/c1-3-5-7-9-11-13-15-17-19-21-25-23-26(28-24-27-25)22-20-18-16-14-12-10-8-6-4-2/h23H,3-22H2,1-2H3. The Morgan fingerprint density at radius 3 is 1.18 bits per heavy atom. The van der Waals surface area contributed by atoms with Crippen molar-refractivity contribution in [2.75, 3.05) is 0 Å². The molecule has 0 saturated heterocycles. The topological polar surface area (TPSA) is 25.8 Å². The predicted octanol–water partition coefficient (Wildman–Crippen LogP) is 8.42. The molecule has 2 nitrogen and oxygen atoms in total. The Bertz CT molecular complexity index is 407. The van der Waals surface area contributed by atoms with Crippen molar-refractivity contribution in [3.8, 4) is 0 Å². The van der Waals surface area contributed by atoms with Crippen LogP contribution in [0.1, 0.15) is 141 Å². The predicted molar refractivity (Wildman–Crippen MR) is 123 cm³/mol. The van der Waals surface area contributed by atoms with Gasteiger partial charge in [-0.2, -0.15) is 0 Å². The van der Waals surface area contributed by atoms with Crippen LogP contribution in [-0.2, 0) is 12.8 Å². The zero-order valence-corrected chi connectivity index (χ0v) is 19.1. The van der Waals surface area contributed by atoms with Crippen LogP contribution in [0.5, 0.6) is 0 Å². The first kappa shape index (κ1) is 25.1. The maximum absolute atomic E-state index is 4.36. The third-order valence-corrected chi connectivity index (χ3v) is 5.79. The van der Waals surface area contributed by atoms with Gasteiger partial charge in [-0.25, -0.2) is 9.97 Å². The van der Waals surface area contributed by atoms with Gasteiger partial charge in [-0.05, 0) is 31.7 Å². The average Bonchev–Trinajstić information content (AvgIpc) is 2.72. The molecule has 0 atom stereocenters. The van der Waals surface area contributed by atoms with Crippen molar-refractivity contribution in [2.45, 2.75) is 142 Å². The number of unbranched alkanes of at least 4 members (excludes halogenated alkanes) is 16. The molecule has 28 heavy (non-hydrogen) atoms. The van der Waals surface area contributed by atoms with Gasteiger partial charge >= 0.3 is 0 Å². The molecule has 1 aromatic heterocycles. The molecule has 1 aromatic rings. The normalized spacial score (nSPS) is 11.2. The third kappa shape index (κ3) is 15.1. The number of rotatable bonds is 20. The minimum absolute atomic E-state index is 1.10. The molecule has 0 fully saturated rings. The van der Waals surface area contributed by atoms with Gasteiger partial charge in [0.1, 0.15) is 0 Å². The van der Waals surface area contributed by atoms with Gasteiger partial charge in [0.05, 0.1) is 0 Å². The van der Waals surface area contributed by atoms with Crippen LogP contribution >= 0.6 is 0 Å². The quantitative estimate of drug-likeness (QED) is 0.210. The van der Waals surface area contributed by atoms with Gasteiger partial charge in [0, 0.05) is 11.4 Å². The van der Waals surface area contributed by atoms with Crippen LogP contribution in [0.2, 0.25) is 0 Å². The molecule has 0 amide bonds. The van der Waals surface area contributed by atoms with Gasteiger partial charge < -0.3 is 0 Å². The molecule has 0 spiro atoms.